The van der Waals surface area contributed by atoms with E-state index in [1.165, 1.54) is 19.3 Å². The third-order valence-electron chi connectivity index (χ3n) is 3.62. The normalized spacial score (nSPS) is 28.6. The molecule has 2 N–H and O–H groups in total. The van der Waals surface area contributed by atoms with E-state index in [-0.39, 0.29) is 5.91 Å². The number of hydrogen-bond donors (Lipinski definition) is 2. The maximum absolute atomic E-state index is 11.0. The predicted molar refractivity (Wildman–Crippen MR) is 64.1 cm³/mol. The zero-order valence-electron chi connectivity index (χ0n) is 9.34. The quantitative estimate of drug-likeness (QED) is 0.741. The minimum Gasteiger partial charge on any atom is -0.352 e. The minimum absolute atomic E-state index is 0.213. The van der Waals surface area contributed by atoms with E-state index in [0.717, 1.165) is 19.5 Å². The third-order valence-corrected chi connectivity index (χ3v) is 5.04. The first-order chi connectivity index (χ1) is 7.24. The molecule has 1 atom stereocenters. The van der Waals surface area contributed by atoms with Crippen LogP contribution in [0.3, 0.4) is 0 Å². The van der Waals surface area contributed by atoms with E-state index < -0.39 is 0 Å². The fourth-order valence-electron chi connectivity index (χ4n) is 2.33. The van der Waals surface area contributed by atoms with Crippen molar-refractivity contribution in [3.63, 3.8) is 0 Å². The number of rotatable bonds is 5. The summed E-state index contributed by atoms with van der Waals surface area (Å²) in [5, 5.41) is 6.49. The Labute approximate surface area is 95.8 Å². The van der Waals surface area contributed by atoms with Crippen molar-refractivity contribution in [1.82, 2.24) is 10.6 Å². The fourth-order valence-corrected chi connectivity index (χ4v) is 3.27. The Kier molecular flexibility index (Phi) is 3.57. The van der Waals surface area contributed by atoms with Crippen LogP contribution < -0.4 is 10.6 Å². The van der Waals surface area contributed by atoms with Gasteiger partial charge in [0, 0.05) is 30.3 Å². The number of carbonyl (C=O) groups is 1. The largest absolute Gasteiger partial charge is 0.352 e. The molecule has 1 saturated heterocycles. The fraction of sp³-hybridized carbons (Fsp3) is 0.909. The van der Waals surface area contributed by atoms with E-state index in [4.69, 9.17) is 0 Å². The van der Waals surface area contributed by atoms with Crippen LogP contribution >= 0.6 is 11.8 Å². The summed E-state index contributed by atoms with van der Waals surface area (Å²) in [6.07, 6.45) is 7.98. The Bertz CT molecular complexity index is 235. The molecule has 15 heavy (non-hydrogen) atoms. The Morgan fingerprint density at radius 3 is 2.87 bits per heavy atom. The van der Waals surface area contributed by atoms with Gasteiger partial charge in [0.15, 0.2) is 0 Å². The van der Waals surface area contributed by atoms with Gasteiger partial charge in [-0.25, -0.2) is 0 Å². The second kappa shape index (κ2) is 4.74. The molecule has 0 aromatic rings. The highest BCUT2D eigenvalue weighted by Gasteiger charge is 2.35. The Morgan fingerprint density at radius 1 is 1.60 bits per heavy atom. The molecule has 1 heterocycles. The van der Waals surface area contributed by atoms with Crippen molar-refractivity contribution in [2.75, 3.05) is 19.3 Å². The first-order valence-corrected chi connectivity index (χ1v) is 7.02. The molecule has 0 aromatic heterocycles. The first-order valence-electron chi connectivity index (χ1n) is 5.79. The second-order valence-electron chi connectivity index (χ2n) is 4.67. The van der Waals surface area contributed by atoms with E-state index in [1.54, 1.807) is 0 Å². The lowest BCUT2D eigenvalue weighted by molar-refractivity contribution is -0.119. The van der Waals surface area contributed by atoms with Gasteiger partial charge in [-0.05, 0) is 25.5 Å². The lowest BCUT2D eigenvalue weighted by Crippen LogP contribution is -2.46. The van der Waals surface area contributed by atoms with Crippen molar-refractivity contribution in [2.24, 2.45) is 0 Å². The molecule has 3 nitrogen and oxygen atoms in total. The van der Waals surface area contributed by atoms with Gasteiger partial charge in [0.05, 0.1) is 0 Å². The van der Waals surface area contributed by atoms with E-state index in [9.17, 15) is 4.79 Å². The SMILES string of the molecule is CSC1(CNCC2CCC(=O)N2)CCC1. The van der Waals surface area contributed by atoms with Crippen molar-refractivity contribution < 1.29 is 4.79 Å². The van der Waals surface area contributed by atoms with Gasteiger partial charge in [-0.2, -0.15) is 11.8 Å². The summed E-state index contributed by atoms with van der Waals surface area (Å²) in [4.78, 5) is 11.0. The molecule has 86 valence electrons. The highest BCUT2D eigenvalue weighted by molar-refractivity contribution is 8.00. The van der Waals surface area contributed by atoms with E-state index in [0.29, 0.717) is 17.2 Å². The zero-order valence-corrected chi connectivity index (χ0v) is 10.2. The topological polar surface area (TPSA) is 41.1 Å². The Hall–Kier alpha value is -0.220. The van der Waals surface area contributed by atoms with Gasteiger partial charge in [0.1, 0.15) is 0 Å². The summed E-state index contributed by atoms with van der Waals surface area (Å²) >= 11 is 1.99. The zero-order chi connectivity index (χ0) is 10.7. The van der Waals surface area contributed by atoms with Crippen LogP contribution in [0, 0.1) is 0 Å². The van der Waals surface area contributed by atoms with Crippen molar-refractivity contribution in [3.8, 4) is 0 Å². The highest BCUT2D eigenvalue weighted by Crippen LogP contribution is 2.42. The van der Waals surface area contributed by atoms with Gasteiger partial charge in [-0.1, -0.05) is 6.42 Å². The van der Waals surface area contributed by atoms with Gasteiger partial charge in [-0.15, -0.1) is 0 Å². The Morgan fingerprint density at radius 2 is 2.40 bits per heavy atom. The van der Waals surface area contributed by atoms with Crippen molar-refractivity contribution in [2.45, 2.75) is 42.9 Å². The number of nitrogens with one attached hydrogen (secondary N) is 2. The van der Waals surface area contributed by atoms with Gasteiger partial charge in [0.25, 0.3) is 0 Å². The summed E-state index contributed by atoms with van der Waals surface area (Å²) in [5.41, 5.74) is 0. The lowest BCUT2D eigenvalue weighted by Gasteiger charge is -2.40. The molecule has 1 amide bonds. The summed E-state index contributed by atoms with van der Waals surface area (Å²) in [7, 11) is 0. The van der Waals surface area contributed by atoms with Crippen LogP contribution in [0.25, 0.3) is 0 Å². The molecule has 2 aliphatic rings. The van der Waals surface area contributed by atoms with Crippen molar-refractivity contribution >= 4 is 17.7 Å². The maximum atomic E-state index is 11.0. The van der Waals surface area contributed by atoms with Gasteiger partial charge < -0.3 is 10.6 Å². The molecule has 1 aliphatic heterocycles. The van der Waals surface area contributed by atoms with Crippen LogP contribution in [0.2, 0.25) is 0 Å². The van der Waals surface area contributed by atoms with Gasteiger partial charge in [-0.3, -0.25) is 4.79 Å². The number of hydrogen-bond acceptors (Lipinski definition) is 3. The van der Waals surface area contributed by atoms with E-state index >= 15 is 0 Å². The number of thioether (sulfide) groups is 1. The van der Waals surface area contributed by atoms with Gasteiger partial charge in [0.2, 0.25) is 5.91 Å². The van der Waals surface area contributed by atoms with Crippen LogP contribution in [0.4, 0.5) is 0 Å². The predicted octanol–water partition coefficient (Wildman–Crippen LogP) is 1.14. The van der Waals surface area contributed by atoms with E-state index in [1.807, 2.05) is 11.8 Å². The number of amides is 1. The first kappa shape index (κ1) is 11.3. The summed E-state index contributed by atoms with van der Waals surface area (Å²) in [6.45, 7) is 2.04. The summed E-state index contributed by atoms with van der Waals surface area (Å²) in [6, 6.07) is 0.372. The molecule has 0 bridgehead atoms. The molecule has 4 heteroatoms. The molecule has 1 unspecified atom stereocenters. The number of carbonyl (C=O) groups excluding carboxylic acids is 1. The monoisotopic (exact) mass is 228 g/mol. The molecule has 2 rings (SSSR count). The maximum Gasteiger partial charge on any atom is 0.220 e. The van der Waals surface area contributed by atoms with Crippen LogP contribution in [0.15, 0.2) is 0 Å². The van der Waals surface area contributed by atoms with Crippen molar-refractivity contribution in [3.05, 3.63) is 0 Å². The summed E-state index contributed by atoms with van der Waals surface area (Å²) < 4.78 is 0.503. The van der Waals surface area contributed by atoms with Crippen LogP contribution in [0.5, 0.6) is 0 Å². The molecule has 1 saturated carbocycles. The molecular weight excluding hydrogens is 208 g/mol. The third kappa shape index (κ3) is 2.67. The highest BCUT2D eigenvalue weighted by atomic mass is 32.2. The second-order valence-corrected chi connectivity index (χ2v) is 5.95. The van der Waals surface area contributed by atoms with E-state index in [2.05, 4.69) is 16.9 Å². The summed E-state index contributed by atoms with van der Waals surface area (Å²) in [5.74, 6) is 0.213. The average Bonchev–Trinajstić information content (AvgIpc) is 2.56. The molecule has 0 spiro atoms. The standard InChI is InChI=1S/C11H20N2OS/c1-15-11(5-2-6-11)8-12-7-9-3-4-10(14)13-9/h9,12H,2-8H2,1H3,(H,13,14). The smallest absolute Gasteiger partial charge is 0.220 e. The van der Waals surface area contributed by atoms with Gasteiger partial charge >= 0.3 is 0 Å². The van der Waals surface area contributed by atoms with Crippen molar-refractivity contribution in [1.29, 1.82) is 0 Å². The molecule has 1 aliphatic carbocycles. The molecular formula is C11H20N2OS. The minimum atomic E-state index is 0.213. The molecule has 2 fully saturated rings. The molecule has 0 aromatic carbocycles. The average molecular weight is 228 g/mol. The van der Waals surface area contributed by atoms with Crippen LogP contribution in [-0.4, -0.2) is 36.0 Å². The Balaban J connectivity index is 1.64. The molecule has 0 radical (unpaired) electrons. The van der Waals surface area contributed by atoms with Crippen LogP contribution in [-0.2, 0) is 4.79 Å². The lowest BCUT2D eigenvalue weighted by atomic mass is 9.84. The van der Waals surface area contributed by atoms with Crippen LogP contribution in [0.1, 0.15) is 32.1 Å².